The molecule has 0 spiro atoms. The first-order valence-electron chi connectivity index (χ1n) is 7.46. The number of hydrogen-bond acceptors (Lipinski definition) is 1. The lowest BCUT2D eigenvalue weighted by molar-refractivity contribution is -0.117. The molecule has 2 heteroatoms. The Kier molecular flexibility index (Phi) is 5.94. The van der Waals surface area contributed by atoms with Gasteiger partial charge in [0.1, 0.15) is 5.78 Å². The van der Waals surface area contributed by atoms with E-state index in [0.717, 1.165) is 6.04 Å². The summed E-state index contributed by atoms with van der Waals surface area (Å²) in [4.78, 5) is 11.5. The fourth-order valence-electron chi connectivity index (χ4n) is 2.85. The van der Waals surface area contributed by atoms with Crippen molar-refractivity contribution in [1.29, 1.82) is 0 Å². The third-order valence-electron chi connectivity index (χ3n) is 4.06. The third-order valence-corrected chi connectivity index (χ3v) is 7.30. The zero-order chi connectivity index (χ0) is 15.3. The Labute approximate surface area is 125 Å². The second-order valence-corrected chi connectivity index (χ2v) is 11.5. The Hall–Kier alpha value is -1.15. The summed E-state index contributed by atoms with van der Waals surface area (Å²) in [5.74, 6) is 1.07. The van der Waals surface area contributed by atoms with Crippen molar-refractivity contribution in [2.45, 2.75) is 46.3 Å². The van der Waals surface area contributed by atoms with Crippen molar-refractivity contribution >= 4 is 19.0 Å². The summed E-state index contributed by atoms with van der Waals surface area (Å²) in [7, 11) is -1.51. The summed E-state index contributed by atoms with van der Waals surface area (Å²) in [5.41, 5.74) is 1.26. The molecule has 0 aromatic heterocycles. The number of ketones is 1. The standard InChI is InChI=1S/C18H28OSi/c1-14(2)18(12-16(4)19)15(3)13-20(5,6)17-10-8-7-9-11-17/h7-11,14,18H,3,12-13H2,1-2,4-6H3. The van der Waals surface area contributed by atoms with E-state index in [2.05, 4.69) is 63.9 Å². The van der Waals surface area contributed by atoms with Gasteiger partial charge in [-0.15, -0.1) is 0 Å². The molecule has 0 fully saturated rings. The number of Topliss-reactive ketones (excluding diaryl/α,β-unsaturated/α-hetero) is 1. The predicted octanol–water partition coefficient (Wildman–Crippen LogP) is 4.41. The van der Waals surface area contributed by atoms with Crippen molar-refractivity contribution in [2.75, 3.05) is 0 Å². The molecule has 110 valence electrons. The molecule has 0 N–H and O–H groups in total. The SMILES string of the molecule is C=C(C[Si](C)(C)c1ccccc1)C(CC(C)=O)C(C)C. The van der Waals surface area contributed by atoms with Gasteiger partial charge < -0.3 is 4.79 Å². The fourth-order valence-corrected chi connectivity index (χ4v) is 5.55. The summed E-state index contributed by atoms with van der Waals surface area (Å²) in [6, 6.07) is 11.8. The average molecular weight is 289 g/mol. The zero-order valence-electron chi connectivity index (χ0n) is 13.6. The second-order valence-electron chi connectivity index (χ2n) is 6.84. The highest BCUT2D eigenvalue weighted by Crippen LogP contribution is 2.29. The van der Waals surface area contributed by atoms with Gasteiger partial charge in [-0.1, -0.05) is 74.6 Å². The number of carbonyl (C=O) groups is 1. The maximum absolute atomic E-state index is 11.5. The summed E-state index contributed by atoms with van der Waals surface area (Å²) in [5, 5.41) is 1.46. The summed E-state index contributed by atoms with van der Waals surface area (Å²) < 4.78 is 0. The molecule has 0 amide bonds. The Morgan fingerprint density at radius 1 is 1.20 bits per heavy atom. The molecule has 0 saturated heterocycles. The number of hydrogen-bond donors (Lipinski definition) is 0. The van der Waals surface area contributed by atoms with Crippen LogP contribution in [0.15, 0.2) is 42.5 Å². The smallest absolute Gasteiger partial charge is 0.130 e. The molecule has 0 heterocycles. The van der Waals surface area contributed by atoms with Gasteiger partial charge in [0.25, 0.3) is 0 Å². The lowest BCUT2D eigenvalue weighted by atomic mass is 9.86. The van der Waals surface area contributed by atoms with Crippen LogP contribution in [0.25, 0.3) is 0 Å². The first-order chi connectivity index (χ1) is 9.24. The predicted molar refractivity (Wildman–Crippen MR) is 91.1 cm³/mol. The second kappa shape index (κ2) is 7.03. The van der Waals surface area contributed by atoms with Crippen LogP contribution in [0.3, 0.4) is 0 Å². The summed E-state index contributed by atoms with van der Waals surface area (Å²) in [6.45, 7) is 15.2. The van der Waals surface area contributed by atoms with Crippen LogP contribution in [-0.2, 0) is 4.79 Å². The molecule has 0 bridgehead atoms. The molecule has 0 saturated carbocycles. The van der Waals surface area contributed by atoms with Crippen LogP contribution in [0, 0.1) is 11.8 Å². The minimum Gasteiger partial charge on any atom is -0.300 e. The van der Waals surface area contributed by atoms with E-state index >= 15 is 0 Å². The van der Waals surface area contributed by atoms with E-state index in [1.165, 1.54) is 10.8 Å². The van der Waals surface area contributed by atoms with Crippen LogP contribution < -0.4 is 5.19 Å². The van der Waals surface area contributed by atoms with Crippen LogP contribution in [0.5, 0.6) is 0 Å². The molecular formula is C18H28OSi. The largest absolute Gasteiger partial charge is 0.300 e. The molecule has 1 unspecified atom stereocenters. The number of carbonyl (C=O) groups excluding carboxylic acids is 1. The normalized spacial score (nSPS) is 13.3. The molecule has 0 aliphatic heterocycles. The van der Waals surface area contributed by atoms with Crippen LogP contribution in [0.2, 0.25) is 19.1 Å². The van der Waals surface area contributed by atoms with Gasteiger partial charge >= 0.3 is 0 Å². The highest BCUT2D eigenvalue weighted by molar-refractivity contribution is 6.90. The lowest BCUT2D eigenvalue weighted by Crippen LogP contribution is -2.42. The molecule has 0 aliphatic carbocycles. The van der Waals surface area contributed by atoms with Gasteiger partial charge in [-0.05, 0) is 24.8 Å². The van der Waals surface area contributed by atoms with E-state index in [1.54, 1.807) is 6.92 Å². The molecular weight excluding hydrogens is 260 g/mol. The number of allylic oxidation sites excluding steroid dienone is 1. The zero-order valence-corrected chi connectivity index (χ0v) is 14.6. The Balaban J connectivity index is 2.84. The molecule has 20 heavy (non-hydrogen) atoms. The van der Waals surface area contributed by atoms with Crippen molar-refractivity contribution in [3.8, 4) is 0 Å². The Morgan fingerprint density at radius 2 is 1.75 bits per heavy atom. The van der Waals surface area contributed by atoms with Crippen molar-refractivity contribution in [2.24, 2.45) is 11.8 Å². The monoisotopic (exact) mass is 288 g/mol. The van der Waals surface area contributed by atoms with Crippen molar-refractivity contribution in [3.05, 3.63) is 42.5 Å². The quantitative estimate of drug-likeness (QED) is 0.536. The van der Waals surface area contributed by atoms with Crippen molar-refractivity contribution in [1.82, 2.24) is 0 Å². The first-order valence-corrected chi connectivity index (χ1v) is 10.7. The van der Waals surface area contributed by atoms with Gasteiger partial charge in [0.2, 0.25) is 0 Å². The topological polar surface area (TPSA) is 17.1 Å². The molecule has 1 aromatic carbocycles. The molecule has 1 atom stereocenters. The third kappa shape index (κ3) is 4.75. The van der Waals surface area contributed by atoms with E-state index < -0.39 is 8.07 Å². The Morgan fingerprint density at radius 3 is 2.20 bits per heavy atom. The molecule has 1 nitrogen and oxygen atoms in total. The number of benzene rings is 1. The van der Waals surface area contributed by atoms with Crippen LogP contribution >= 0.6 is 0 Å². The van der Waals surface area contributed by atoms with Gasteiger partial charge in [0.05, 0.1) is 8.07 Å². The van der Waals surface area contributed by atoms with Crippen LogP contribution in [-0.4, -0.2) is 13.9 Å². The van der Waals surface area contributed by atoms with E-state index in [-0.39, 0.29) is 5.78 Å². The van der Waals surface area contributed by atoms with Gasteiger partial charge in [0, 0.05) is 6.42 Å². The highest BCUT2D eigenvalue weighted by Gasteiger charge is 2.28. The summed E-state index contributed by atoms with van der Waals surface area (Å²) >= 11 is 0. The lowest BCUT2D eigenvalue weighted by Gasteiger charge is -2.29. The van der Waals surface area contributed by atoms with Crippen molar-refractivity contribution < 1.29 is 4.79 Å². The van der Waals surface area contributed by atoms with E-state index in [0.29, 0.717) is 18.3 Å². The average Bonchev–Trinajstić information content (AvgIpc) is 2.36. The minimum atomic E-state index is -1.51. The van der Waals surface area contributed by atoms with Gasteiger partial charge in [-0.25, -0.2) is 0 Å². The van der Waals surface area contributed by atoms with E-state index in [1.807, 2.05) is 0 Å². The Bertz CT molecular complexity index is 460. The van der Waals surface area contributed by atoms with Crippen molar-refractivity contribution in [3.63, 3.8) is 0 Å². The van der Waals surface area contributed by atoms with Gasteiger partial charge in [-0.3, -0.25) is 0 Å². The molecule has 1 rings (SSSR count). The van der Waals surface area contributed by atoms with E-state index in [9.17, 15) is 4.79 Å². The van der Waals surface area contributed by atoms with Crippen LogP contribution in [0.1, 0.15) is 27.2 Å². The molecule has 1 aromatic rings. The van der Waals surface area contributed by atoms with Gasteiger partial charge in [-0.2, -0.15) is 0 Å². The maximum Gasteiger partial charge on any atom is 0.130 e. The van der Waals surface area contributed by atoms with E-state index in [4.69, 9.17) is 0 Å². The van der Waals surface area contributed by atoms with Crippen LogP contribution in [0.4, 0.5) is 0 Å². The highest BCUT2D eigenvalue weighted by atomic mass is 28.3. The first kappa shape index (κ1) is 16.9. The summed E-state index contributed by atoms with van der Waals surface area (Å²) in [6.07, 6.45) is 0.635. The maximum atomic E-state index is 11.5. The molecule has 0 radical (unpaired) electrons. The number of rotatable bonds is 7. The van der Waals surface area contributed by atoms with Gasteiger partial charge in [0.15, 0.2) is 0 Å². The minimum absolute atomic E-state index is 0.268. The fraction of sp³-hybridized carbons (Fsp3) is 0.500. The molecule has 0 aliphatic rings.